The number of hydrogen-bond donors (Lipinski definition) is 2. The highest BCUT2D eigenvalue weighted by Crippen LogP contribution is 2.10. The van der Waals surface area contributed by atoms with E-state index >= 15 is 0 Å². The molecule has 0 saturated carbocycles. The molecule has 0 fully saturated rings. The summed E-state index contributed by atoms with van der Waals surface area (Å²) in [7, 11) is 1.54. The van der Waals surface area contributed by atoms with E-state index < -0.39 is 5.97 Å². The van der Waals surface area contributed by atoms with Crippen molar-refractivity contribution in [2.45, 2.75) is 6.04 Å². The third kappa shape index (κ3) is 2.51. The minimum Gasteiger partial charge on any atom is -0.478 e. The van der Waals surface area contributed by atoms with Crippen molar-refractivity contribution in [3.8, 4) is 0 Å². The van der Waals surface area contributed by atoms with Gasteiger partial charge in [0, 0.05) is 19.5 Å². The third-order valence-corrected chi connectivity index (χ3v) is 1.78. The number of pyridine rings is 1. The lowest BCUT2D eigenvalue weighted by Gasteiger charge is -2.10. The number of carbonyl (C=O) groups is 1. The van der Waals surface area contributed by atoms with E-state index in [4.69, 9.17) is 15.6 Å². The topological polar surface area (TPSA) is 85.4 Å². The van der Waals surface area contributed by atoms with Crippen molar-refractivity contribution in [1.82, 2.24) is 4.98 Å². The summed E-state index contributed by atoms with van der Waals surface area (Å²) in [5, 5.41) is 8.71. The molecule has 1 aromatic rings. The first-order chi connectivity index (χ1) is 6.65. The number of carboxylic acid groups (broad SMARTS) is 1. The number of aromatic carboxylic acids is 1. The molecule has 0 aliphatic heterocycles. The summed E-state index contributed by atoms with van der Waals surface area (Å²) in [4.78, 5) is 14.4. The van der Waals surface area contributed by atoms with Crippen LogP contribution in [0.3, 0.4) is 0 Å². The maximum Gasteiger partial charge on any atom is 0.337 e. The van der Waals surface area contributed by atoms with Crippen LogP contribution in [-0.4, -0.2) is 29.8 Å². The van der Waals surface area contributed by atoms with Crippen LogP contribution in [-0.2, 0) is 4.74 Å². The van der Waals surface area contributed by atoms with Crippen molar-refractivity contribution < 1.29 is 14.6 Å². The zero-order valence-electron chi connectivity index (χ0n) is 7.80. The molecule has 0 aromatic carbocycles. The minimum absolute atomic E-state index is 0.133. The monoisotopic (exact) mass is 196 g/mol. The Balaban J connectivity index is 2.87. The molecule has 0 aliphatic rings. The summed E-state index contributed by atoms with van der Waals surface area (Å²) in [5.74, 6) is -1.01. The molecule has 5 nitrogen and oxygen atoms in total. The zero-order chi connectivity index (χ0) is 10.6. The molecule has 1 heterocycles. The van der Waals surface area contributed by atoms with Crippen LogP contribution in [0.2, 0.25) is 0 Å². The molecule has 0 aliphatic carbocycles. The highest BCUT2D eigenvalue weighted by Gasteiger charge is 2.09. The molecule has 1 atom stereocenters. The highest BCUT2D eigenvalue weighted by molar-refractivity contribution is 5.87. The predicted octanol–water partition coefficient (Wildman–Crippen LogP) is 0.426. The molecule has 0 saturated heterocycles. The van der Waals surface area contributed by atoms with E-state index in [-0.39, 0.29) is 11.6 Å². The van der Waals surface area contributed by atoms with Gasteiger partial charge in [-0.3, -0.25) is 4.98 Å². The van der Waals surface area contributed by atoms with Gasteiger partial charge in [-0.25, -0.2) is 4.79 Å². The molecule has 1 unspecified atom stereocenters. The number of hydrogen-bond acceptors (Lipinski definition) is 4. The van der Waals surface area contributed by atoms with E-state index in [2.05, 4.69) is 4.98 Å². The molecule has 76 valence electrons. The van der Waals surface area contributed by atoms with E-state index in [0.717, 1.165) is 0 Å². The van der Waals surface area contributed by atoms with Crippen LogP contribution in [0.4, 0.5) is 0 Å². The molecule has 0 spiro atoms. The normalized spacial score (nSPS) is 12.4. The van der Waals surface area contributed by atoms with Crippen LogP contribution in [0.5, 0.6) is 0 Å². The summed E-state index contributed by atoms with van der Waals surface area (Å²) in [6.45, 7) is 0.338. The van der Waals surface area contributed by atoms with Gasteiger partial charge in [-0.15, -0.1) is 0 Å². The molecule has 0 bridgehead atoms. The summed E-state index contributed by atoms with van der Waals surface area (Å²) in [6, 6.07) is 1.16. The second-order valence-corrected chi connectivity index (χ2v) is 2.87. The predicted molar refractivity (Wildman–Crippen MR) is 50.0 cm³/mol. The van der Waals surface area contributed by atoms with Crippen molar-refractivity contribution >= 4 is 5.97 Å². The largest absolute Gasteiger partial charge is 0.478 e. The lowest BCUT2D eigenvalue weighted by Crippen LogP contribution is -2.17. The van der Waals surface area contributed by atoms with Gasteiger partial charge < -0.3 is 15.6 Å². The van der Waals surface area contributed by atoms with E-state index in [9.17, 15) is 4.79 Å². The van der Waals surface area contributed by atoms with Crippen LogP contribution < -0.4 is 5.73 Å². The Bertz CT molecular complexity index is 328. The quantitative estimate of drug-likeness (QED) is 0.729. The molecule has 5 heteroatoms. The molecule has 14 heavy (non-hydrogen) atoms. The van der Waals surface area contributed by atoms with E-state index in [1.54, 1.807) is 0 Å². The van der Waals surface area contributed by atoms with Gasteiger partial charge in [0.1, 0.15) is 0 Å². The molecule has 1 aromatic heterocycles. The fraction of sp³-hybridized carbons (Fsp3) is 0.333. The number of aromatic nitrogens is 1. The number of methoxy groups -OCH3 is 1. The SMILES string of the molecule is COCC(N)c1cncc(C(=O)O)c1. The standard InChI is InChI=1S/C9H12N2O3/c1-14-5-8(10)6-2-7(9(12)13)4-11-3-6/h2-4,8H,5,10H2,1H3,(H,12,13). The summed E-state index contributed by atoms with van der Waals surface area (Å²) in [6.07, 6.45) is 2.82. The molecule has 3 N–H and O–H groups in total. The first-order valence-corrected chi connectivity index (χ1v) is 4.08. The average Bonchev–Trinajstić information content (AvgIpc) is 2.18. The average molecular weight is 196 g/mol. The van der Waals surface area contributed by atoms with Gasteiger partial charge in [-0.2, -0.15) is 0 Å². The van der Waals surface area contributed by atoms with E-state index in [0.29, 0.717) is 12.2 Å². The van der Waals surface area contributed by atoms with Crippen molar-refractivity contribution in [1.29, 1.82) is 0 Å². The fourth-order valence-corrected chi connectivity index (χ4v) is 1.05. The van der Waals surface area contributed by atoms with Gasteiger partial charge in [-0.1, -0.05) is 0 Å². The second kappa shape index (κ2) is 4.69. The van der Waals surface area contributed by atoms with Crippen molar-refractivity contribution in [2.75, 3.05) is 13.7 Å². The highest BCUT2D eigenvalue weighted by atomic mass is 16.5. The first kappa shape index (κ1) is 10.6. The number of nitrogens with zero attached hydrogens (tertiary/aromatic N) is 1. The van der Waals surface area contributed by atoms with Gasteiger partial charge in [0.25, 0.3) is 0 Å². The molecule has 1 rings (SSSR count). The van der Waals surface area contributed by atoms with Crippen LogP contribution in [0, 0.1) is 0 Å². The Hall–Kier alpha value is -1.46. The number of ether oxygens (including phenoxy) is 1. The van der Waals surface area contributed by atoms with E-state index in [1.807, 2.05) is 0 Å². The smallest absolute Gasteiger partial charge is 0.337 e. The van der Waals surface area contributed by atoms with Crippen molar-refractivity contribution in [2.24, 2.45) is 5.73 Å². The van der Waals surface area contributed by atoms with Gasteiger partial charge >= 0.3 is 5.97 Å². The van der Waals surface area contributed by atoms with Gasteiger partial charge in [0.05, 0.1) is 18.2 Å². The minimum atomic E-state index is -1.01. The zero-order valence-corrected chi connectivity index (χ0v) is 7.80. The van der Waals surface area contributed by atoms with Gasteiger partial charge in [-0.05, 0) is 11.6 Å². The molecule has 0 amide bonds. The van der Waals surface area contributed by atoms with Gasteiger partial charge in [0.15, 0.2) is 0 Å². The fourth-order valence-electron chi connectivity index (χ4n) is 1.05. The third-order valence-electron chi connectivity index (χ3n) is 1.78. The maximum atomic E-state index is 10.6. The van der Waals surface area contributed by atoms with Gasteiger partial charge in [0.2, 0.25) is 0 Å². The Kier molecular flexibility index (Phi) is 3.55. The van der Waals surface area contributed by atoms with Crippen LogP contribution >= 0.6 is 0 Å². The summed E-state index contributed by atoms with van der Waals surface area (Å²) in [5.41, 5.74) is 6.51. The lowest BCUT2D eigenvalue weighted by atomic mass is 10.1. The Morgan fingerprint density at radius 3 is 3.00 bits per heavy atom. The number of rotatable bonds is 4. The van der Waals surface area contributed by atoms with Crippen LogP contribution in [0.25, 0.3) is 0 Å². The summed E-state index contributed by atoms with van der Waals surface area (Å²) >= 11 is 0. The molecular formula is C9H12N2O3. The number of carboxylic acids is 1. The van der Waals surface area contributed by atoms with E-state index in [1.165, 1.54) is 25.6 Å². The first-order valence-electron chi connectivity index (χ1n) is 4.08. The van der Waals surface area contributed by atoms with Crippen molar-refractivity contribution in [3.63, 3.8) is 0 Å². The van der Waals surface area contributed by atoms with Crippen LogP contribution in [0.15, 0.2) is 18.5 Å². The Morgan fingerprint density at radius 2 is 2.43 bits per heavy atom. The molecular weight excluding hydrogens is 184 g/mol. The maximum absolute atomic E-state index is 10.6. The Labute approximate surface area is 81.5 Å². The number of nitrogens with two attached hydrogens (primary N) is 1. The lowest BCUT2D eigenvalue weighted by molar-refractivity contribution is 0.0696. The Morgan fingerprint density at radius 1 is 1.71 bits per heavy atom. The molecule has 0 radical (unpaired) electrons. The summed E-state index contributed by atoms with van der Waals surface area (Å²) < 4.78 is 4.86. The van der Waals surface area contributed by atoms with Crippen LogP contribution in [0.1, 0.15) is 22.0 Å². The second-order valence-electron chi connectivity index (χ2n) is 2.87. The van der Waals surface area contributed by atoms with Crippen molar-refractivity contribution in [3.05, 3.63) is 29.6 Å².